The lowest BCUT2D eigenvalue weighted by Gasteiger charge is -2.40. The molecule has 0 saturated carbocycles. The van der Waals surface area contributed by atoms with Crippen molar-refractivity contribution in [1.29, 1.82) is 0 Å². The van der Waals surface area contributed by atoms with Crippen LogP contribution in [0, 0.1) is 0 Å². The highest BCUT2D eigenvalue weighted by molar-refractivity contribution is 5.74. The first-order valence-electron chi connectivity index (χ1n) is 30.3. The zero-order chi connectivity index (χ0) is 54.7. The van der Waals surface area contributed by atoms with Gasteiger partial charge in [-0.15, -0.1) is 0 Å². The second-order valence-corrected chi connectivity index (χ2v) is 20.6. The van der Waals surface area contributed by atoms with E-state index in [0.29, 0.717) is 19.3 Å². The molecule has 0 aromatic heterocycles. The van der Waals surface area contributed by atoms with Gasteiger partial charge in [-0.3, -0.25) is 14.4 Å². The lowest BCUT2D eigenvalue weighted by molar-refractivity contribution is -0.301. The average molecular weight is 1060 g/mol. The summed E-state index contributed by atoms with van der Waals surface area (Å²) in [4.78, 5) is 51.0. The fourth-order valence-electron chi connectivity index (χ4n) is 8.98. The van der Waals surface area contributed by atoms with Crippen molar-refractivity contribution in [2.24, 2.45) is 0 Å². The van der Waals surface area contributed by atoms with Crippen molar-refractivity contribution in [2.45, 2.75) is 302 Å². The Hall–Kier alpha value is -3.58. The number of ether oxygens (including phenoxy) is 5. The summed E-state index contributed by atoms with van der Waals surface area (Å²) in [5, 5.41) is 31.5. The minimum absolute atomic E-state index is 0.0224. The molecule has 0 aliphatic carbocycles. The molecule has 75 heavy (non-hydrogen) atoms. The van der Waals surface area contributed by atoms with Gasteiger partial charge in [-0.1, -0.05) is 242 Å². The maximum Gasteiger partial charge on any atom is 0.335 e. The molecule has 3 N–H and O–H groups in total. The maximum absolute atomic E-state index is 13.1. The van der Waals surface area contributed by atoms with E-state index in [1.807, 2.05) is 0 Å². The molecular formula is C63H108O12. The van der Waals surface area contributed by atoms with Gasteiger partial charge in [0.15, 0.2) is 24.6 Å². The Morgan fingerprint density at radius 3 is 1.28 bits per heavy atom. The summed E-state index contributed by atoms with van der Waals surface area (Å²) < 4.78 is 28.4. The van der Waals surface area contributed by atoms with Crippen LogP contribution in [0.4, 0.5) is 0 Å². The predicted octanol–water partition coefficient (Wildman–Crippen LogP) is 15.6. The van der Waals surface area contributed by atoms with Gasteiger partial charge in [0.05, 0.1) is 6.61 Å². The lowest BCUT2D eigenvalue weighted by Crippen LogP contribution is -2.61. The zero-order valence-electron chi connectivity index (χ0n) is 47.5. The average Bonchev–Trinajstić information content (AvgIpc) is 3.39. The SMILES string of the molecule is CC/C=C\C/C=C\C/C=C\C/C=C\C/C=C\CCCCCC(=O)OC1C(OCC(COC(=O)CCCCCCCCCCCCCCCCCCC)OC(=O)CCCCCCCCCCC)OC(C(=O)O)C(O)C1O. The van der Waals surface area contributed by atoms with Crippen LogP contribution in [0.1, 0.15) is 265 Å². The molecule has 1 rings (SSSR count). The summed E-state index contributed by atoms with van der Waals surface area (Å²) in [6.07, 6.45) is 50.6. The van der Waals surface area contributed by atoms with E-state index in [-0.39, 0.29) is 25.9 Å². The van der Waals surface area contributed by atoms with Crippen molar-refractivity contribution in [1.82, 2.24) is 0 Å². The van der Waals surface area contributed by atoms with Crippen LogP contribution in [0.15, 0.2) is 60.8 Å². The first kappa shape index (κ1) is 69.4. The smallest absolute Gasteiger partial charge is 0.335 e. The standard InChI is InChI=1S/C63H108O12/c1-4-7-10-13-16-19-21-23-25-27-28-30-32-34-36-39-42-45-48-51-57(66)74-61-59(68)58(67)60(62(69)70)75-63(61)72-53-54(73-56(65)50-47-44-41-37-18-15-12-9-6-3)52-71-55(64)49-46-43-40-38-35-33-31-29-26-24-22-20-17-14-11-8-5-2/h7,10,16,19,23,25,28,30,34,36,54,58-61,63,67-68H,4-6,8-9,11-15,17-18,20-22,24,26-27,29,31-33,35,37-53H2,1-3H3,(H,69,70)/b10-7-,19-16-,25-23-,30-28-,36-34-. The molecule has 0 aromatic carbocycles. The molecular weight excluding hydrogens is 949 g/mol. The van der Waals surface area contributed by atoms with Crippen LogP contribution < -0.4 is 0 Å². The Bertz CT molecular complexity index is 1540. The summed E-state index contributed by atoms with van der Waals surface area (Å²) in [5.41, 5.74) is 0. The fraction of sp³-hybridized carbons (Fsp3) is 0.778. The van der Waals surface area contributed by atoms with E-state index in [1.165, 1.54) is 116 Å². The number of hydrogen-bond acceptors (Lipinski definition) is 11. The van der Waals surface area contributed by atoms with Crippen LogP contribution in [-0.2, 0) is 42.9 Å². The third-order valence-electron chi connectivity index (χ3n) is 13.6. The van der Waals surface area contributed by atoms with E-state index < -0.39 is 67.3 Å². The fourth-order valence-corrected chi connectivity index (χ4v) is 8.98. The first-order chi connectivity index (χ1) is 36.6. The number of aliphatic carboxylic acids is 1. The van der Waals surface area contributed by atoms with E-state index in [1.54, 1.807) is 0 Å². The highest BCUT2D eigenvalue weighted by Crippen LogP contribution is 2.26. The summed E-state index contributed by atoms with van der Waals surface area (Å²) in [6.45, 7) is 5.86. The van der Waals surface area contributed by atoms with Gasteiger partial charge in [0, 0.05) is 19.3 Å². The van der Waals surface area contributed by atoms with Crippen molar-refractivity contribution in [2.75, 3.05) is 13.2 Å². The van der Waals surface area contributed by atoms with Crippen molar-refractivity contribution in [3.05, 3.63) is 60.8 Å². The molecule has 6 atom stereocenters. The zero-order valence-corrected chi connectivity index (χ0v) is 47.5. The summed E-state index contributed by atoms with van der Waals surface area (Å²) in [6, 6.07) is 0. The van der Waals surface area contributed by atoms with Gasteiger partial charge in [0.1, 0.15) is 18.8 Å². The van der Waals surface area contributed by atoms with Crippen LogP contribution in [0.5, 0.6) is 0 Å². The van der Waals surface area contributed by atoms with E-state index in [9.17, 15) is 34.5 Å². The molecule has 1 fully saturated rings. The molecule has 0 bridgehead atoms. The normalized spacial score (nSPS) is 18.5. The lowest BCUT2D eigenvalue weighted by atomic mass is 9.98. The van der Waals surface area contributed by atoms with Gasteiger partial charge in [-0.2, -0.15) is 0 Å². The van der Waals surface area contributed by atoms with E-state index in [2.05, 4.69) is 81.5 Å². The molecule has 1 aliphatic rings. The Balaban J connectivity index is 2.64. The molecule has 6 unspecified atom stereocenters. The number of hydrogen-bond donors (Lipinski definition) is 3. The van der Waals surface area contributed by atoms with Gasteiger partial charge in [0.25, 0.3) is 0 Å². The molecule has 12 nitrogen and oxygen atoms in total. The van der Waals surface area contributed by atoms with Crippen molar-refractivity contribution in [3.8, 4) is 0 Å². The topological polar surface area (TPSA) is 175 Å². The minimum atomic E-state index is -1.91. The number of allylic oxidation sites excluding steroid dienone is 10. The van der Waals surface area contributed by atoms with Gasteiger partial charge < -0.3 is 39.0 Å². The monoisotopic (exact) mass is 1060 g/mol. The van der Waals surface area contributed by atoms with E-state index in [4.69, 9.17) is 23.7 Å². The van der Waals surface area contributed by atoms with E-state index in [0.717, 1.165) is 89.9 Å². The van der Waals surface area contributed by atoms with Crippen LogP contribution in [0.3, 0.4) is 0 Å². The van der Waals surface area contributed by atoms with Gasteiger partial charge in [0.2, 0.25) is 0 Å². The molecule has 0 spiro atoms. The molecule has 12 heteroatoms. The number of carboxylic acid groups (broad SMARTS) is 1. The molecule has 1 saturated heterocycles. The highest BCUT2D eigenvalue weighted by Gasteiger charge is 2.50. The van der Waals surface area contributed by atoms with Crippen molar-refractivity contribution < 1.29 is 58.2 Å². The second-order valence-electron chi connectivity index (χ2n) is 20.6. The summed E-state index contributed by atoms with van der Waals surface area (Å²) in [5.74, 6) is -3.15. The van der Waals surface area contributed by atoms with Crippen molar-refractivity contribution in [3.63, 3.8) is 0 Å². The van der Waals surface area contributed by atoms with E-state index >= 15 is 0 Å². The van der Waals surface area contributed by atoms with Crippen LogP contribution >= 0.6 is 0 Å². The quantitative estimate of drug-likeness (QED) is 0.0228. The number of carboxylic acids is 1. The molecule has 1 aliphatic heterocycles. The third-order valence-corrected chi connectivity index (χ3v) is 13.6. The Morgan fingerprint density at radius 1 is 0.453 bits per heavy atom. The molecule has 0 amide bonds. The summed E-state index contributed by atoms with van der Waals surface area (Å²) >= 11 is 0. The number of unbranched alkanes of at least 4 members (excludes halogenated alkanes) is 27. The van der Waals surface area contributed by atoms with Crippen molar-refractivity contribution >= 4 is 23.9 Å². The first-order valence-corrected chi connectivity index (χ1v) is 30.3. The number of rotatable bonds is 51. The third kappa shape index (κ3) is 41.2. The van der Waals surface area contributed by atoms with Crippen LogP contribution in [0.25, 0.3) is 0 Å². The predicted molar refractivity (Wildman–Crippen MR) is 303 cm³/mol. The molecule has 0 aromatic rings. The number of carbonyl (C=O) groups excluding carboxylic acids is 3. The number of aliphatic hydroxyl groups is 2. The number of esters is 3. The molecule has 1 heterocycles. The number of carbonyl (C=O) groups is 4. The Labute approximate surface area is 456 Å². The van der Waals surface area contributed by atoms with Gasteiger partial charge in [-0.25, -0.2) is 4.79 Å². The van der Waals surface area contributed by atoms with Gasteiger partial charge in [-0.05, 0) is 64.2 Å². The highest BCUT2D eigenvalue weighted by atomic mass is 16.7. The maximum atomic E-state index is 13.1. The summed E-state index contributed by atoms with van der Waals surface area (Å²) in [7, 11) is 0. The Morgan fingerprint density at radius 2 is 0.840 bits per heavy atom. The number of aliphatic hydroxyl groups excluding tert-OH is 2. The Kier molecular flexibility index (Phi) is 47.4. The molecule has 0 radical (unpaired) electrons. The minimum Gasteiger partial charge on any atom is -0.479 e. The van der Waals surface area contributed by atoms with Crippen LogP contribution in [0.2, 0.25) is 0 Å². The van der Waals surface area contributed by atoms with Gasteiger partial charge >= 0.3 is 23.9 Å². The largest absolute Gasteiger partial charge is 0.479 e. The molecule has 432 valence electrons. The second kappa shape index (κ2) is 51.2. The van der Waals surface area contributed by atoms with Crippen LogP contribution in [-0.4, -0.2) is 89.2 Å².